The fourth-order valence-corrected chi connectivity index (χ4v) is 0.533. The van der Waals surface area contributed by atoms with E-state index in [0.717, 1.165) is 6.20 Å². The second-order valence-electron chi connectivity index (χ2n) is 1.77. The van der Waals surface area contributed by atoms with E-state index in [9.17, 15) is 4.79 Å². The number of carbonyl (C=O) groups excluding carboxylic acids is 1. The standard InChI is InChI=1S/C6H11N3O2/c1-9-5(8)4(3-7)6(10)11-2/h3H,7H2,1-2H3,(H2,8,9)/p+1. The van der Waals surface area contributed by atoms with Gasteiger partial charge in [0.2, 0.25) is 5.84 Å². The third-order valence-electron chi connectivity index (χ3n) is 1.15. The van der Waals surface area contributed by atoms with Gasteiger partial charge in [-0.1, -0.05) is 0 Å². The number of nitrogens with one attached hydrogen (secondary N) is 1. The van der Waals surface area contributed by atoms with Crippen LogP contribution in [0.4, 0.5) is 0 Å². The van der Waals surface area contributed by atoms with Crippen molar-refractivity contribution < 1.29 is 14.8 Å². The fourth-order valence-electron chi connectivity index (χ4n) is 0.533. The number of likely N-dealkylation sites (N-methyl/N-ethyl adjacent to an activating group) is 1. The average molecular weight is 158 g/mol. The van der Waals surface area contributed by atoms with Crippen molar-refractivity contribution in [2.75, 3.05) is 14.2 Å². The molecule has 0 unspecified atom stereocenters. The van der Waals surface area contributed by atoms with Gasteiger partial charge in [0.15, 0.2) is 5.57 Å². The molecule has 0 radical (unpaired) electrons. The topological polar surface area (TPSA) is 92.8 Å². The van der Waals surface area contributed by atoms with Crippen LogP contribution in [-0.2, 0) is 9.53 Å². The molecule has 0 amide bonds. The molecule has 0 aliphatic rings. The molecule has 0 atom stereocenters. The summed E-state index contributed by atoms with van der Waals surface area (Å²) in [5.41, 5.74) is 5.18. The van der Waals surface area contributed by atoms with E-state index in [1.807, 2.05) is 0 Å². The number of nitrogens with two attached hydrogens (primary N) is 2. The zero-order valence-corrected chi connectivity index (χ0v) is 6.55. The monoisotopic (exact) mass is 158 g/mol. The van der Waals surface area contributed by atoms with E-state index < -0.39 is 5.97 Å². The summed E-state index contributed by atoms with van der Waals surface area (Å²) in [5.74, 6) is -0.519. The fraction of sp³-hybridized carbons (Fsp3) is 0.333. The Kier molecular flexibility index (Phi) is 3.90. The summed E-state index contributed by atoms with van der Waals surface area (Å²) in [7, 11) is 2.89. The summed E-state index contributed by atoms with van der Waals surface area (Å²) in [4.78, 5) is 10.8. The van der Waals surface area contributed by atoms with Crippen LogP contribution in [0.3, 0.4) is 0 Å². The number of esters is 1. The number of hydrogen-bond donors (Lipinski definition) is 3. The van der Waals surface area contributed by atoms with Crippen molar-refractivity contribution in [1.82, 2.24) is 0 Å². The van der Waals surface area contributed by atoms with Crippen LogP contribution in [-0.4, -0.2) is 26.0 Å². The van der Waals surface area contributed by atoms with Crippen LogP contribution in [0.1, 0.15) is 0 Å². The molecule has 0 aromatic heterocycles. The summed E-state index contributed by atoms with van der Waals surface area (Å²) in [6, 6.07) is 0. The molecule has 5 N–H and O–H groups in total. The maximum absolute atomic E-state index is 10.8. The molecule has 0 aromatic carbocycles. The summed E-state index contributed by atoms with van der Waals surface area (Å²) in [6.07, 6.45) is 1.06. The quantitative estimate of drug-likeness (QED) is 0.191. The molecular formula is C6H12N3O2+. The molecule has 0 fully saturated rings. The van der Waals surface area contributed by atoms with Crippen LogP contribution < -0.4 is 11.1 Å². The maximum atomic E-state index is 10.8. The number of quaternary nitrogens is 1. The SMILES string of the molecule is C[NH2+]C(=N)C(=CN)C(=O)OC. The number of hydrogen-bond acceptors (Lipinski definition) is 4. The first-order valence-electron chi connectivity index (χ1n) is 3.05. The van der Waals surface area contributed by atoms with Crippen LogP contribution in [0.15, 0.2) is 11.8 Å². The number of carbonyl (C=O) groups is 1. The predicted octanol–water partition coefficient (Wildman–Crippen LogP) is -1.83. The molecule has 0 aliphatic carbocycles. The Bertz CT molecular complexity index is 180. The number of methoxy groups -OCH3 is 1. The molecule has 0 rings (SSSR count). The molecule has 0 spiro atoms. The smallest absolute Gasteiger partial charge is 0.347 e. The van der Waals surface area contributed by atoms with Crippen LogP contribution >= 0.6 is 0 Å². The van der Waals surface area contributed by atoms with Crippen molar-refractivity contribution in [2.45, 2.75) is 0 Å². The second-order valence-corrected chi connectivity index (χ2v) is 1.77. The maximum Gasteiger partial charge on any atom is 0.347 e. The summed E-state index contributed by atoms with van der Waals surface area (Å²) in [6.45, 7) is 0. The summed E-state index contributed by atoms with van der Waals surface area (Å²) >= 11 is 0. The number of amidine groups is 1. The van der Waals surface area contributed by atoms with Gasteiger partial charge >= 0.3 is 5.97 Å². The molecular weight excluding hydrogens is 146 g/mol. The van der Waals surface area contributed by atoms with Gasteiger partial charge in [0.1, 0.15) is 0 Å². The van der Waals surface area contributed by atoms with Gasteiger partial charge in [0, 0.05) is 6.20 Å². The summed E-state index contributed by atoms with van der Waals surface area (Å²) < 4.78 is 4.38. The third-order valence-corrected chi connectivity index (χ3v) is 1.15. The summed E-state index contributed by atoms with van der Waals surface area (Å²) in [5, 5.41) is 8.69. The lowest BCUT2D eigenvalue weighted by Crippen LogP contribution is -2.84. The van der Waals surface area contributed by atoms with E-state index >= 15 is 0 Å². The molecule has 5 heteroatoms. The highest BCUT2D eigenvalue weighted by atomic mass is 16.5. The zero-order valence-electron chi connectivity index (χ0n) is 6.55. The Morgan fingerprint density at radius 3 is 2.55 bits per heavy atom. The van der Waals surface area contributed by atoms with Gasteiger partial charge in [-0.2, -0.15) is 0 Å². The van der Waals surface area contributed by atoms with Crippen LogP contribution in [0.5, 0.6) is 0 Å². The minimum Gasteiger partial charge on any atom is -0.465 e. The van der Waals surface area contributed by atoms with Gasteiger partial charge in [-0.3, -0.25) is 5.32 Å². The highest BCUT2D eigenvalue weighted by molar-refractivity contribution is 6.13. The van der Waals surface area contributed by atoms with Crippen molar-refractivity contribution in [2.24, 2.45) is 5.73 Å². The van der Waals surface area contributed by atoms with Gasteiger partial charge < -0.3 is 10.5 Å². The zero-order chi connectivity index (χ0) is 8.85. The molecule has 5 nitrogen and oxygen atoms in total. The molecule has 62 valence electrons. The molecule has 0 aliphatic heterocycles. The first kappa shape index (κ1) is 9.64. The third kappa shape index (κ3) is 2.38. The highest BCUT2D eigenvalue weighted by Gasteiger charge is 2.16. The first-order valence-corrected chi connectivity index (χ1v) is 3.05. The van der Waals surface area contributed by atoms with Crippen LogP contribution in [0.2, 0.25) is 0 Å². The van der Waals surface area contributed by atoms with Crippen LogP contribution in [0, 0.1) is 5.41 Å². The molecule has 0 saturated carbocycles. The minimum atomic E-state index is -0.587. The average Bonchev–Trinajstić information content (AvgIpc) is 2.05. The Morgan fingerprint density at radius 1 is 1.73 bits per heavy atom. The Labute approximate surface area is 64.7 Å². The van der Waals surface area contributed by atoms with E-state index in [-0.39, 0.29) is 11.4 Å². The lowest BCUT2D eigenvalue weighted by Gasteiger charge is -2.00. The Morgan fingerprint density at radius 2 is 2.27 bits per heavy atom. The Hall–Kier alpha value is -1.36. The molecule has 0 aromatic rings. The van der Waals surface area contributed by atoms with Gasteiger partial charge in [-0.05, 0) is 0 Å². The van der Waals surface area contributed by atoms with E-state index in [0.29, 0.717) is 0 Å². The van der Waals surface area contributed by atoms with Crippen molar-refractivity contribution in [3.8, 4) is 0 Å². The molecule has 11 heavy (non-hydrogen) atoms. The van der Waals surface area contributed by atoms with Gasteiger partial charge in [-0.25, -0.2) is 10.2 Å². The highest BCUT2D eigenvalue weighted by Crippen LogP contribution is 1.91. The Balaban J connectivity index is 4.43. The van der Waals surface area contributed by atoms with Crippen molar-refractivity contribution in [3.05, 3.63) is 11.8 Å². The van der Waals surface area contributed by atoms with Gasteiger partial charge in [0.05, 0.1) is 14.2 Å². The second kappa shape index (κ2) is 4.45. The number of rotatable bonds is 2. The van der Waals surface area contributed by atoms with E-state index in [4.69, 9.17) is 11.1 Å². The van der Waals surface area contributed by atoms with E-state index in [1.54, 1.807) is 7.05 Å². The van der Waals surface area contributed by atoms with E-state index in [2.05, 4.69) is 4.74 Å². The lowest BCUT2D eigenvalue weighted by molar-refractivity contribution is -0.506. The predicted molar refractivity (Wildman–Crippen MR) is 39.9 cm³/mol. The largest absolute Gasteiger partial charge is 0.465 e. The normalized spacial score (nSPS) is 10.9. The molecule has 0 bridgehead atoms. The van der Waals surface area contributed by atoms with Crippen LogP contribution in [0.25, 0.3) is 0 Å². The molecule has 0 heterocycles. The van der Waals surface area contributed by atoms with Crippen molar-refractivity contribution in [1.29, 1.82) is 5.41 Å². The minimum absolute atomic E-state index is 0.0688. The van der Waals surface area contributed by atoms with E-state index in [1.165, 1.54) is 12.4 Å². The van der Waals surface area contributed by atoms with Crippen molar-refractivity contribution >= 4 is 11.8 Å². The van der Waals surface area contributed by atoms with Gasteiger partial charge in [0.25, 0.3) is 0 Å². The lowest BCUT2D eigenvalue weighted by atomic mass is 10.2. The van der Waals surface area contributed by atoms with Gasteiger partial charge in [-0.15, -0.1) is 0 Å². The number of ether oxygens (including phenoxy) is 1. The first-order chi connectivity index (χ1) is 5.17. The molecule has 0 saturated heterocycles. The van der Waals surface area contributed by atoms with Crippen molar-refractivity contribution in [3.63, 3.8) is 0 Å².